The SMILES string of the molecule is Nc1ncnc2c1ncn2[C@@H]1O[C@@H]2COP(O)(=S)O[C@H]3C(n4ccc(=O)n5ccnc45)O[C@H](COP(=O)(S)O[C@@H]2[C@H]1O)[C@H]3O. The van der Waals surface area contributed by atoms with Gasteiger partial charge in [-0.3, -0.25) is 31.9 Å². The number of nitrogens with two attached hydrogens (primary N) is 1. The van der Waals surface area contributed by atoms with Gasteiger partial charge in [0.1, 0.15) is 48.5 Å². The zero-order chi connectivity index (χ0) is 31.0. The Morgan fingerprint density at radius 1 is 0.977 bits per heavy atom. The maximum absolute atomic E-state index is 13.4. The fraction of sp³-hybridized carbons (Fsp3) is 0.476. The number of aliphatic hydroxyl groups excluding tert-OH is 2. The van der Waals surface area contributed by atoms with Gasteiger partial charge in [0, 0.05) is 24.7 Å². The number of imidazole rings is 2. The van der Waals surface area contributed by atoms with Crippen molar-refractivity contribution in [1.29, 1.82) is 0 Å². The van der Waals surface area contributed by atoms with Crippen LogP contribution >= 0.6 is 25.8 Å². The van der Waals surface area contributed by atoms with E-state index in [0.29, 0.717) is 0 Å². The molecule has 0 radical (unpaired) electrons. The van der Waals surface area contributed by atoms with Crippen LogP contribution in [0.4, 0.5) is 5.82 Å². The first-order chi connectivity index (χ1) is 20.9. The highest BCUT2D eigenvalue weighted by Gasteiger charge is 2.52. The van der Waals surface area contributed by atoms with Gasteiger partial charge in [-0.1, -0.05) is 12.2 Å². The largest absolute Gasteiger partial charge is 0.387 e. The lowest BCUT2D eigenvalue weighted by Gasteiger charge is -2.28. The van der Waals surface area contributed by atoms with E-state index in [1.165, 1.54) is 50.8 Å². The van der Waals surface area contributed by atoms with Crippen LogP contribution < -0.4 is 11.3 Å². The molecule has 3 saturated heterocycles. The zero-order valence-electron chi connectivity index (χ0n) is 22.1. The molecule has 3 fully saturated rings. The molecule has 4 aromatic rings. The van der Waals surface area contributed by atoms with Crippen molar-refractivity contribution in [3.8, 4) is 0 Å². The monoisotopic (exact) mass is 690 g/mol. The molecule has 0 spiro atoms. The first kappa shape index (κ1) is 30.3. The number of fused-ring (bicyclic) bond motifs is 5. The molecule has 19 nitrogen and oxygen atoms in total. The van der Waals surface area contributed by atoms with Gasteiger partial charge in [-0.25, -0.2) is 24.5 Å². The molecule has 3 unspecified atom stereocenters. The van der Waals surface area contributed by atoms with Crippen LogP contribution in [0.2, 0.25) is 0 Å². The van der Waals surface area contributed by atoms with E-state index in [2.05, 4.69) is 32.2 Å². The van der Waals surface area contributed by atoms with Gasteiger partial charge in [-0.15, -0.1) is 0 Å². The topological polar surface area (TPSA) is 242 Å². The average Bonchev–Trinajstić information content (AvgIpc) is 3.75. The smallest absolute Gasteiger partial charge is 0.386 e. The molecule has 3 aliphatic rings. The minimum atomic E-state index is -4.29. The van der Waals surface area contributed by atoms with Crippen molar-refractivity contribution in [3.63, 3.8) is 0 Å². The number of nitrogens with zero attached hydrogens (tertiary/aromatic N) is 7. The van der Waals surface area contributed by atoms with Crippen molar-refractivity contribution in [2.45, 2.75) is 49.1 Å². The summed E-state index contributed by atoms with van der Waals surface area (Å²) in [5.41, 5.74) is 6.00. The number of aromatic nitrogens is 7. The first-order valence-electron chi connectivity index (χ1n) is 12.9. The molecule has 2 bridgehead atoms. The Labute approximate surface area is 256 Å². The molecule has 0 aliphatic carbocycles. The van der Waals surface area contributed by atoms with Crippen LogP contribution in [-0.4, -0.2) is 98.4 Å². The van der Waals surface area contributed by atoms with E-state index in [4.69, 9.17) is 45.1 Å². The molecule has 0 aromatic carbocycles. The van der Waals surface area contributed by atoms with Gasteiger partial charge >= 0.3 is 13.5 Å². The Bertz CT molecular complexity index is 1890. The molecular weight excluding hydrogens is 666 g/mol. The number of hydrogen-bond donors (Lipinski definition) is 5. The molecule has 5 N–H and O–H groups in total. The highest BCUT2D eigenvalue weighted by atomic mass is 32.7. The maximum Gasteiger partial charge on any atom is 0.386 e. The lowest BCUT2D eigenvalue weighted by atomic mass is 10.1. The van der Waals surface area contributed by atoms with Crippen LogP contribution in [0.1, 0.15) is 12.5 Å². The minimum absolute atomic E-state index is 0.0997. The van der Waals surface area contributed by atoms with Gasteiger partial charge in [-0.2, -0.15) is 0 Å². The number of aliphatic hydroxyl groups is 2. The predicted octanol–water partition coefficient (Wildman–Crippen LogP) is -0.493. The first-order valence-corrected chi connectivity index (χ1v) is 18.2. The van der Waals surface area contributed by atoms with Gasteiger partial charge in [0.05, 0.1) is 19.5 Å². The van der Waals surface area contributed by atoms with E-state index in [9.17, 15) is 24.5 Å². The van der Waals surface area contributed by atoms with Crippen molar-refractivity contribution < 1.29 is 47.2 Å². The van der Waals surface area contributed by atoms with Crippen molar-refractivity contribution in [2.75, 3.05) is 18.9 Å². The zero-order valence-corrected chi connectivity index (χ0v) is 25.6. The number of hydrogen-bond acceptors (Lipinski definition) is 16. The van der Waals surface area contributed by atoms with E-state index in [-0.39, 0.29) is 28.3 Å². The summed E-state index contributed by atoms with van der Waals surface area (Å²) in [6.45, 7) is -9.53. The predicted molar refractivity (Wildman–Crippen MR) is 154 cm³/mol. The average molecular weight is 691 g/mol. The fourth-order valence-electron chi connectivity index (χ4n) is 5.32. The number of thiol groups is 1. The van der Waals surface area contributed by atoms with E-state index >= 15 is 0 Å². The van der Waals surface area contributed by atoms with Crippen LogP contribution in [0.25, 0.3) is 16.9 Å². The summed E-state index contributed by atoms with van der Waals surface area (Å²) in [7, 11) is 0. The maximum atomic E-state index is 13.4. The highest BCUT2D eigenvalue weighted by molar-refractivity contribution is 8.44. The molecule has 44 heavy (non-hydrogen) atoms. The second kappa shape index (κ2) is 11.2. The summed E-state index contributed by atoms with van der Waals surface area (Å²) in [6.07, 6.45) is -3.85. The summed E-state index contributed by atoms with van der Waals surface area (Å²) in [5, 5.41) is 22.4. The van der Waals surface area contributed by atoms with Crippen molar-refractivity contribution in [1.82, 2.24) is 33.5 Å². The van der Waals surface area contributed by atoms with Gasteiger partial charge < -0.3 is 34.8 Å². The second-order valence-electron chi connectivity index (χ2n) is 10.0. The summed E-state index contributed by atoms with van der Waals surface area (Å²) >= 11 is 9.34. The Morgan fingerprint density at radius 2 is 1.75 bits per heavy atom. The van der Waals surface area contributed by atoms with E-state index in [1.807, 2.05) is 0 Å². The third kappa shape index (κ3) is 5.30. The van der Waals surface area contributed by atoms with Crippen LogP contribution in [0.15, 0.2) is 42.1 Å². The van der Waals surface area contributed by atoms with E-state index in [0.717, 1.165) is 0 Å². The Morgan fingerprint density at radius 3 is 2.57 bits per heavy atom. The summed E-state index contributed by atoms with van der Waals surface area (Å²) < 4.78 is 51.9. The molecule has 23 heteroatoms. The quantitative estimate of drug-likeness (QED) is 0.132. The standard InChI is InChI=1S/C21H24N8O11P2S2/c22-17-12-18(25-7-24-17)29(8-26-12)19-14(32)15-10(38-19)6-36-42(34,44)40-16-13(31)9(5-35-41(33,43)39-15)37-20(16)28-3-1-11(30)27-4-2-23-21(27)28/h1-4,7-10,13-16,19-20,31-32H,5-6H2,(H,33,43)(H,34,44)(H2,22,24,25)/t9-,10-,13-,14-,15+,16-,19-,20?,41?,42?/m1/s1. The van der Waals surface area contributed by atoms with Crippen LogP contribution in [0, 0.1) is 0 Å². The van der Waals surface area contributed by atoms with Gasteiger partial charge in [-0.05, 0) is 11.8 Å². The number of rotatable bonds is 2. The number of ether oxygens (including phenoxy) is 2. The normalized spacial score (nSPS) is 38.3. The Hall–Kier alpha value is -2.36. The van der Waals surface area contributed by atoms with Crippen molar-refractivity contribution >= 4 is 60.3 Å². The number of nitrogen functional groups attached to an aromatic ring is 1. The third-order valence-corrected chi connectivity index (χ3v) is 10.5. The third-order valence-electron chi connectivity index (χ3n) is 7.34. The summed E-state index contributed by atoms with van der Waals surface area (Å²) in [5.74, 6) is 0.241. The van der Waals surface area contributed by atoms with E-state index in [1.54, 1.807) is 0 Å². The lowest BCUT2D eigenvalue weighted by molar-refractivity contribution is -0.0597. The molecule has 7 heterocycles. The van der Waals surface area contributed by atoms with Gasteiger partial charge in [0.2, 0.25) is 5.78 Å². The van der Waals surface area contributed by atoms with Crippen LogP contribution in [0.5, 0.6) is 0 Å². The molecular formula is C21H24N8O11P2S2. The lowest BCUT2D eigenvalue weighted by Crippen LogP contribution is -2.36. The van der Waals surface area contributed by atoms with Crippen LogP contribution in [0.3, 0.4) is 0 Å². The fourth-order valence-corrected chi connectivity index (χ4v) is 8.22. The number of anilines is 1. The highest BCUT2D eigenvalue weighted by Crippen LogP contribution is 2.58. The Kier molecular flexibility index (Phi) is 7.69. The van der Waals surface area contributed by atoms with Crippen molar-refractivity contribution in [2.24, 2.45) is 0 Å². The molecule has 0 amide bonds. The molecule has 7 rings (SSSR count). The van der Waals surface area contributed by atoms with Gasteiger partial charge in [0.25, 0.3) is 5.56 Å². The van der Waals surface area contributed by atoms with Crippen molar-refractivity contribution in [3.05, 3.63) is 47.7 Å². The minimum Gasteiger partial charge on any atom is -0.387 e. The molecule has 10 atom stereocenters. The second-order valence-corrected chi connectivity index (χ2v) is 15.7. The van der Waals surface area contributed by atoms with E-state index < -0.39 is 75.8 Å². The summed E-state index contributed by atoms with van der Waals surface area (Å²) in [6, 6.07) is 1.24. The molecule has 4 aromatic heterocycles. The molecule has 3 aliphatic heterocycles. The molecule has 236 valence electrons. The summed E-state index contributed by atoms with van der Waals surface area (Å²) in [4.78, 5) is 39.7. The molecule has 0 saturated carbocycles. The van der Waals surface area contributed by atoms with Crippen LogP contribution in [-0.2, 0) is 43.9 Å². The van der Waals surface area contributed by atoms with Gasteiger partial charge in [0.15, 0.2) is 23.9 Å². The Balaban J connectivity index is 1.21.